The molecule has 0 aliphatic heterocycles. The second kappa shape index (κ2) is 5.13. The maximum atomic E-state index is 13.5. The van der Waals surface area contributed by atoms with E-state index in [1.165, 1.54) is 17.8 Å². The van der Waals surface area contributed by atoms with Crippen molar-refractivity contribution in [3.63, 3.8) is 0 Å². The Labute approximate surface area is 117 Å². The van der Waals surface area contributed by atoms with Gasteiger partial charge in [-0.3, -0.25) is 0 Å². The van der Waals surface area contributed by atoms with Crippen LogP contribution in [-0.4, -0.2) is 4.98 Å². The van der Waals surface area contributed by atoms with E-state index in [1.807, 2.05) is 0 Å². The highest BCUT2D eigenvalue weighted by Crippen LogP contribution is 2.28. The Hall–Kier alpha value is -2.08. The molecule has 0 unspecified atom stereocenters. The van der Waals surface area contributed by atoms with Crippen LogP contribution in [0.25, 0.3) is 11.1 Å². The van der Waals surface area contributed by atoms with E-state index in [0.29, 0.717) is 22.0 Å². The number of anilines is 1. The molecule has 0 saturated heterocycles. The van der Waals surface area contributed by atoms with E-state index in [4.69, 9.17) is 10.2 Å². The fraction of sp³-hybridized carbons (Fsp3) is 0.0714. The smallest absolute Gasteiger partial charge is 0.257 e. The highest BCUT2D eigenvalue weighted by Gasteiger charge is 2.09. The molecule has 102 valence electrons. The van der Waals surface area contributed by atoms with E-state index in [-0.39, 0.29) is 11.3 Å². The zero-order chi connectivity index (χ0) is 14.1. The van der Waals surface area contributed by atoms with Crippen LogP contribution in [0.15, 0.2) is 46.0 Å². The number of nitrogens with two attached hydrogens (primary N) is 1. The minimum Gasteiger partial charge on any atom is -0.431 e. The summed E-state index contributed by atoms with van der Waals surface area (Å²) in [6.45, 7) is 0. The van der Waals surface area contributed by atoms with E-state index < -0.39 is 11.6 Å². The number of fused-ring (bicyclic) bond motifs is 1. The SMILES string of the molecule is Nc1ccc2nc(SCc3cc(F)ccc3F)oc2c1. The van der Waals surface area contributed by atoms with Gasteiger partial charge in [0.05, 0.1) is 0 Å². The molecular weight excluding hydrogens is 282 g/mol. The van der Waals surface area contributed by atoms with E-state index in [2.05, 4.69) is 4.98 Å². The monoisotopic (exact) mass is 292 g/mol. The first kappa shape index (κ1) is 12.9. The Bertz CT molecular complexity index is 773. The van der Waals surface area contributed by atoms with Crippen LogP contribution < -0.4 is 5.73 Å². The third-order valence-corrected chi connectivity index (χ3v) is 3.63. The van der Waals surface area contributed by atoms with Crippen molar-refractivity contribution in [3.05, 3.63) is 53.6 Å². The van der Waals surface area contributed by atoms with Gasteiger partial charge < -0.3 is 10.2 Å². The lowest BCUT2D eigenvalue weighted by Crippen LogP contribution is -1.89. The normalized spacial score (nSPS) is 11.1. The quantitative estimate of drug-likeness (QED) is 0.586. The van der Waals surface area contributed by atoms with Gasteiger partial charge in [0.15, 0.2) is 5.58 Å². The number of hydrogen-bond acceptors (Lipinski definition) is 4. The van der Waals surface area contributed by atoms with Crippen molar-refractivity contribution in [1.82, 2.24) is 4.98 Å². The number of halogens is 2. The molecule has 0 bridgehead atoms. The minimum absolute atomic E-state index is 0.242. The largest absolute Gasteiger partial charge is 0.431 e. The van der Waals surface area contributed by atoms with Crippen molar-refractivity contribution in [2.75, 3.05) is 5.73 Å². The summed E-state index contributed by atoms with van der Waals surface area (Å²) in [5, 5.41) is 0.397. The fourth-order valence-electron chi connectivity index (χ4n) is 1.78. The Morgan fingerprint density at radius 1 is 1.15 bits per heavy atom. The van der Waals surface area contributed by atoms with Crippen LogP contribution in [0.4, 0.5) is 14.5 Å². The molecule has 0 radical (unpaired) electrons. The highest BCUT2D eigenvalue weighted by atomic mass is 32.2. The molecule has 0 atom stereocenters. The number of nitrogens with zero attached hydrogens (tertiary/aromatic N) is 1. The number of rotatable bonds is 3. The van der Waals surface area contributed by atoms with Gasteiger partial charge in [-0.05, 0) is 30.3 Å². The van der Waals surface area contributed by atoms with Crippen molar-refractivity contribution in [3.8, 4) is 0 Å². The number of hydrogen-bond donors (Lipinski definition) is 1. The zero-order valence-corrected chi connectivity index (χ0v) is 11.1. The first-order chi connectivity index (χ1) is 9.61. The molecule has 0 aliphatic rings. The number of nitrogen functional groups attached to an aromatic ring is 1. The molecule has 20 heavy (non-hydrogen) atoms. The lowest BCUT2D eigenvalue weighted by Gasteiger charge is -2.00. The Balaban J connectivity index is 1.81. The van der Waals surface area contributed by atoms with Gasteiger partial charge in [0, 0.05) is 23.1 Å². The molecule has 6 heteroatoms. The van der Waals surface area contributed by atoms with Crippen molar-refractivity contribution in [1.29, 1.82) is 0 Å². The number of oxazole rings is 1. The molecule has 0 aliphatic carbocycles. The number of aromatic nitrogens is 1. The second-order valence-corrected chi connectivity index (χ2v) is 5.16. The molecular formula is C14H10F2N2OS. The summed E-state index contributed by atoms with van der Waals surface area (Å²) < 4.78 is 32.0. The van der Waals surface area contributed by atoms with E-state index >= 15 is 0 Å². The second-order valence-electron chi connectivity index (χ2n) is 4.23. The fourth-order valence-corrected chi connectivity index (χ4v) is 2.59. The average Bonchev–Trinajstić information content (AvgIpc) is 2.81. The third kappa shape index (κ3) is 2.60. The van der Waals surface area contributed by atoms with Gasteiger partial charge in [-0.15, -0.1) is 0 Å². The highest BCUT2D eigenvalue weighted by molar-refractivity contribution is 7.98. The van der Waals surface area contributed by atoms with Gasteiger partial charge in [0.1, 0.15) is 17.2 Å². The summed E-state index contributed by atoms with van der Waals surface area (Å²) in [5.74, 6) is -0.669. The first-order valence-corrected chi connectivity index (χ1v) is 6.83. The molecule has 0 spiro atoms. The lowest BCUT2D eigenvalue weighted by molar-refractivity contribution is 0.489. The van der Waals surface area contributed by atoms with Gasteiger partial charge >= 0.3 is 0 Å². The first-order valence-electron chi connectivity index (χ1n) is 5.84. The van der Waals surface area contributed by atoms with Gasteiger partial charge in [-0.25, -0.2) is 13.8 Å². The summed E-state index contributed by atoms with van der Waals surface area (Å²) in [4.78, 5) is 4.25. The minimum atomic E-state index is -0.465. The standard InChI is InChI=1S/C14H10F2N2OS/c15-9-1-3-11(16)8(5-9)7-20-14-18-12-4-2-10(17)6-13(12)19-14/h1-6H,7,17H2. The van der Waals surface area contributed by atoms with Gasteiger partial charge in [0.2, 0.25) is 0 Å². The molecule has 1 heterocycles. The van der Waals surface area contributed by atoms with Crippen molar-refractivity contribution >= 4 is 28.5 Å². The summed E-state index contributed by atoms with van der Waals surface area (Å²) in [6.07, 6.45) is 0. The maximum absolute atomic E-state index is 13.5. The van der Waals surface area contributed by atoms with Crippen LogP contribution in [-0.2, 0) is 5.75 Å². The Morgan fingerprint density at radius 3 is 2.85 bits per heavy atom. The zero-order valence-electron chi connectivity index (χ0n) is 10.3. The van der Waals surface area contributed by atoms with E-state index in [1.54, 1.807) is 18.2 Å². The topological polar surface area (TPSA) is 52.0 Å². The molecule has 2 N–H and O–H groups in total. The molecule has 0 saturated carbocycles. The van der Waals surface area contributed by atoms with Crippen LogP contribution in [0.1, 0.15) is 5.56 Å². The third-order valence-electron chi connectivity index (χ3n) is 2.75. The van der Waals surface area contributed by atoms with Gasteiger partial charge in [-0.1, -0.05) is 11.8 Å². The lowest BCUT2D eigenvalue weighted by atomic mass is 10.2. The number of thioether (sulfide) groups is 1. The Kier molecular flexibility index (Phi) is 3.31. The predicted molar refractivity (Wildman–Crippen MR) is 74.3 cm³/mol. The van der Waals surface area contributed by atoms with Gasteiger partial charge in [0.25, 0.3) is 5.22 Å². The van der Waals surface area contributed by atoms with Crippen LogP contribution in [0.5, 0.6) is 0 Å². The summed E-state index contributed by atoms with van der Waals surface area (Å²) in [7, 11) is 0. The summed E-state index contributed by atoms with van der Waals surface area (Å²) in [5.41, 5.74) is 7.77. The van der Waals surface area contributed by atoms with Gasteiger partial charge in [-0.2, -0.15) is 0 Å². The van der Waals surface area contributed by atoms with Crippen molar-refractivity contribution in [2.24, 2.45) is 0 Å². The van der Waals surface area contributed by atoms with Crippen molar-refractivity contribution < 1.29 is 13.2 Å². The van der Waals surface area contributed by atoms with E-state index in [9.17, 15) is 8.78 Å². The summed E-state index contributed by atoms with van der Waals surface area (Å²) in [6, 6.07) is 8.52. The molecule has 1 aromatic heterocycles. The molecule has 0 fully saturated rings. The van der Waals surface area contributed by atoms with Crippen LogP contribution in [0, 0.1) is 11.6 Å². The molecule has 3 rings (SSSR count). The Morgan fingerprint density at radius 2 is 2.00 bits per heavy atom. The van der Waals surface area contributed by atoms with Crippen molar-refractivity contribution in [2.45, 2.75) is 11.0 Å². The predicted octanol–water partition coefficient (Wildman–Crippen LogP) is 3.98. The molecule has 3 nitrogen and oxygen atoms in total. The number of benzene rings is 2. The van der Waals surface area contributed by atoms with E-state index in [0.717, 1.165) is 12.1 Å². The summed E-state index contributed by atoms with van der Waals surface area (Å²) >= 11 is 1.20. The van der Waals surface area contributed by atoms with Crippen LogP contribution in [0.3, 0.4) is 0 Å². The van der Waals surface area contributed by atoms with Crippen LogP contribution >= 0.6 is 11.8 Å². The maximum Gasteiger partial charge on any atom is 0.257 e. The average molecular weight is 292 g/mol. The molecule has 2 aromatic carbocycles. The van der Waals surface area contributed by atoms with Crippen LogP contribution in [0.2, 0.25) is 0 Å². The molecule has 3 aromatic rings. The molecule has 0 amide bonds.